The van der Waals surface area contributed by atoms with Crippen molar-refractivity contribution in [2.75, 3.05) is 13.4 Å². The lowest BCUT2D eigenvalue weighted by Gasteiger charge is -2.14. The first-order valence-electron chi connectivity index (χ1n) is 4.96. The monoisotopic (exact) mass is 272 g/mol. The van der Waals surface area contributed by atoms with Crippen LogP contribution in [0.1, 0.15) is 25.6 Å². The van der Waals surface area contributed by atoms with E-state index in [9.17, 15) is 0 Å². The first-order chi connectivity index (χ1) is 7.27. The minimum Gasteiger partial charge on any atom is -0.356 e. The van der Waals surface area contributed by atoms with E-state index in [1.807, 2.05) is 6.92 Å². The second kappa shape index (κ2) is 4.55. The molecule has 0 aromatic carbocycles. The maximum atomic E-state index is 5.64. The van der Waals surface area contributed by atoms with E-state index in [-0.39, 0.29) is 5.60 Å². The smallest absolute Gasteiger partial charge is 0.160 e. The molecule has 0 unspecified atom stereocenters. The third kappa shape index (κ3) is 2.53. The molecule has 2 rings (SSSR count). The SMILES string of the molecule is CCOCOC1(c2ncc(Br)cn2)CC1. The zero-order valence-corrected chi connectivity index (χ0v) is 10.2. The van der Waals surface area contributed by atoms with E-state index in [0.717, 1.165) is 23.1 Å². The largest absolute Gasteiger partial charge is 0.356 e. The summed E-state index contributed by atoms with van der Waals surface area (Å²) in [4.78, 5) is 8.51. The van der Waals surface area contributed by atoms with Gasteiger partial charge in [-0.15, -0.1) is 0 Å². The van der Waals surface area contributed by atoms with Crippen molar-refractivity contribution >= 4 is 15.9 Å². The molecule has 0 N–H and O–H groups in total. The van der Waals surface area contributed by atoms with Crippen LogP contribution in [-0.4, -0.2) is 23.4 Å². The Hall–Kier alpha value is -0.520. The summed E-state index contributed by atoms with van der Waals surface area (Å²) in [6, 6.07) is 0. The Morgan fingerprint density at radius 1 is 1.40 bits per heavy atom. The summed E-state index contributed by atoms with van der Waals surface area (Å²) in [6.07, 6.45) is 5.43. The first kappa shape index (κ1) is 11.0. The van der Waals surface area contributed by atoms with E-state index < -0.39 is 0 Å². The predicted molar refractivity (Wildman–Crippen MR) is 58.2 cm³/mol. The highest BCUT2D eigenvalue weighted by molar-refractivity contribution is 9.10. The fraction of sp³-hybridized carbons (Fsp3) is 0.600. The molecule has 1 saturated carbocycles. The van der Waals surface area contributed by atoms with Gasteiger partial charge in [-0.2, -0.15) is 0 Å². The standard InChI is InChI=1S/C10H13BrN2O2/c1-2-14-7-15-10(3-4-10)9-12-5-8(11)6-13-9/h5-6H,2-4,7H2,1H3. The van der Waals surface area contributed by atoms with Gasteiger partial charge in [-0.3, -0.25) is 0 Å². The molecule has 1 heterocycles. The average Bonchev–Trinajstić information content (AvgIpc) is 3.00. The lowest BCUT2D eigenvalue weighted by atomic mass is 10.3. The molecule has 1 aliphatic carbocycles. The molecule has 0 radical (unpaired) electrons. The molecule has 1 aromatic rings. The number of hydrogen-bond donors (Lipinski definition) is 0. The van der Waals surface area contributed by atoms with E-state index in [1.165, 1.54) is 0 Å². The third-order valence-corrected chi connectivity index (χ3v) is 2.76. The van der Waals surface area contributed by atoms with Crippen LogP contribution in [-0.2, 0) is 15.1 Å². The zero-order valence-electron chi connectivity index (χ0n) is 8.57. The van der Waals surface area contributed by atoms with Crippen LogP contribution in [0.5, 0.6) is 0 Å². The van der Waals surface area contributed by atoms with Crippen LogP contribution in [0, 0.1) is 0 Å². The lowest BCUT2D eigenvalue weighted by Crippen LogP contribution is -2.17. The fourth-order valence-electron chi connectivity index (χ4n) is 1.33. The van der Waals surface area contributed by atoms with E-state index in [4.69, 9.17) is 9.47 Å². The Bertz CT molecular complexity index is 325. The highest BCUT2D eigenvalue weighted by Crippen LogP contribution is 2.47. The Labute approximate surface area is 97.1 Å². The van der Waals surface area contributed by atoms with Crippen molar-refractivity contribution in [3.05, 3.63) is 22.7 Å². The van der Waals surface area contributed by atoms with Crippen molar-refractivity contribution in [1.29, 1.82) is 0 Å². The zero-order chi connectivity index (χ0) is 10.7. The van der Waals surface area contributed by atoms with Crippen LogP contribution in [0.4, 0.5) is 0 Å². The summed E-state index contributed by atoms with van der Waals surface area (Å²) in [5.74, 6) is 0.755. The Kier molecular flexibility index (Phi) is 3.33. The van der Waals surface area contributed by atoms with Crippen molar-refractivity contribution in [3.8, 4) is 0 Å². The van der Waals surface area contributed by atoms with Gasteiger partial charge in [0.25, 0.3) is 0 Å². The minimum absolute atomic E-state index is 0.282. The number of halogens is 1. The van der Waals surface area contributed by atoms with Gasteiger partial charge in [0.2, 0.25) is 0 Å². The summed E-state index contributed by atoms with van der Waals surface area (Å²) in [7, 11) is 0. The molecule has 4 nitrogen and oxygen atoms in total. The van der Waals surface area contributed by atoms with Crippen molar-refractivity contribution < 1.29 is 9.47 Å². The Morgan fingerprint density at radius 3 is 2.60 bits per heavy atom. The van der Waals surface area contributed by atoms with E-state index >= 15 is 0 Å². The quantitative estimate of drug-likeness (QED) is 0.609. The second-order valence-electron chi connectivity index (χ2n) is 3.47. The van der Waals surface area contributed by atoms with Gasteiger partial charge >= 0.3 is 0 Å². The second-order valence-corrected chi connectivity index (χ2v) is 4.39. The summed E-state index contributed by atoms with van der Waals surface area (Å²) < 4.78 is 11.7. The molecule has 1 fully saturated rings. The molecule has 82 valence electrons. The molecular formula is C10H13BrN2O2. The number of ether oxygens (including phenoxy) is 2. The molecular weight excluding hydrogens is 260 g/mol. The van der Waals surface area contributed by atoms with Gasteiger partial charge in [0.15, 0.2) is 5.82 Å². The minimum atomic E-state index is -0.282. The van der Waals surface area contributed by atoms with E-state index in [0.29, 0.717) is 13.4 Å². The third-order valence-electron chi connectivity index (χ3n) is 2.35. The molecule has 15 heavy (non-hydrogen) atoms. The molecule has 5 heteroatoms. The van der Waals surface area contributed by atoms with Gasteiger partial charge in [0, 0.05) is 19.0 Å². The van der Waals surface area contributed by atoms with Crippen LogP contribution in [0.25, 0.3) is 0 Å². The van der Waals surface area contributed by atoms with Gasteiger partial charge in [-0.05, 0) is 35.7 Å². The van der Waals surface area contributed by atoms with Gasteiger partial charge < -0.3 is 9.47 Å². The van der Waals surface area contributed by atoms with Crippen LogP contribution in [0.3, 0.4) is 0 Å². The van der Waals surface area contributed by atoms with Crippen LogP contribution >= 0.6 is 15.9 Å². The van der Waals surface area contributed by atoms with Crippen molar-refractivity contribution in [1.82, 2.24) is 9.97 Å². The molecule has 0 spiro atoms. The highest BCUT2D eigenvalue weighted by atomic mass is 79.9. The fourth-order valence-corrected chi connectivity index (χ4v) is 1.54. The molecule has 0 atom stereocenters. The molecule has 0 bridgehead atoms. The van der Waals surface area contributed by atoms with Crippen molar-refractivity contribution in [2.45, 2.75) is 25.4 Å². The number of hydrogen-bond acceptors (Lipinski definition) is 4. The summed E-state index contributed by atoms with van der Waals surface area (Å²) in [5.41, 5.74) is -0.282. The lowest BCUT2D eigenvalue weighted by molar-refractivity contribution is -0.104. The topological polar surface area (TPSA) is 44.2 Å². The maximum absolute atomic E-state index is 5.64. The highest BCUT2D eigenvalue weighted by Gasteiger charge is 2.48. The summed E-state index contributed by atoms with van der Waals surface area (Å²) >= 11 is 3.31. The van der Waals surface area contributed by atoms with Crippen molar-refractivity contribution in [2.24, 2.45) is 0 Å². The normalized spacial score (nSPS) is 17.7. The van der Waals surface area contributed by atoms with E-state index in [2.05, 4.69) is 25.9 Å². The van der Waals surface area contributed by atoms with Gasteiger partial charge in [-0.1, -0.05) is 0 Å². The van der Waals surface area contributed by atoms with E-state index in [1.54, 1.807) is 12.4 Å². The molecule has 1 aliphatic rings. The number of rotatable bonds is 5. The van der Waals surface area contributed by atoms with Gasteiger partial charge in [-0.25, -0.2) is 9.97 Å². The average molecular weight is 273 g/mol. The summed E-state index contributed by atoms with van der Waals surface area (Å²) in [5, 5.41) is 0. The van der Waals surface area contributed by atoms with Crippen LogP contribution in [0.2, 0.25) is 0 Å². The number of aromatic nitrogens is 2. The number of nitrogens with zero attached hydrogens (tertiary/aromatic N) is 2. The molecule has 0 amide bonds. The Balaban J connectivity index is 1.99. The first-order valence-corrected chi connectivity index (χ1v) is 5.76. The molecule has 0 aliphatic heterocycles. The summed E-state index contributed by atoms with van der Waals surface area (Å²) in [6.45, 7) is 2.92. The predicted octanol–water partition coefficient (Wildman–Crippen LogP) is 2.24. The van der Waals surface area contributed by atoms with Crippen LogP contribution in [0.15, 0.2) is 16.9 Å². The molecule has 0 saturated heterocycles. The van der Waals surface area contributed by atoms with Gasteiger partial charge in [0.05, 0.1) is 4.47 Å². The maximum Gasteiger partial charge on any atom is 0.160 e. The van der Waals surface area contributed by atoms with Crippen LogP contribution < -0.4 is 0 Å². The van der Waals surface area contributed by atoms with Crippen molar-refractivity contribution in [3.63, 3.8) is 0 Å². The molecule has 1 aromatic heterocycles. The Morgan fingerprint density at radius 2 is 2.07 bits per heavy atom. The van der Waals surface area contributed by atoms with Gasteiger partial charge in [0.1, 0.15) is 12.4 Å².